The Morgan fingerprint density at radius 3 is 2.12 bits per heavy atom. The molecule has 100 valence electrons. The summed E-state index contributed by atoms with van der Waals surface area (Å²) in [6.07, 6.45) is -1.48. The van der Waals surface area contributed by atoms with Gasteiger partial charge in [-0.3, -0.25) is 0 Å². The Morgan fingerprint density at radius 2 is 1.82 bits per heavy atom. The van der Waals surface area contributed by atoms with Gasteiger partial charge in [-0.15, -0.1) is 0 Å². The zero-order valence-electron chi connectivity index (χ0n) is 11.6. The Balaban J connectivity index is 2.63. The Kier molecular flexibility index (Phi) is 3.90. The predicted molar refractivity (Wildman–Crippen MR) is 70.0 cm³/mol. The normalized spacial score (nSPS) is 20.6. The van der Waals surface area contributed by atoms with E-state index in [2.05, 4.69) is 40.4 Å². The predicted octanol–water partition coefficient (Wildman–Crippen LogP) is 4.61. The maximum Gasteiger partial charge on any atom is 0.246 e. The van der Waals surface area contributed by atoms with Gasteiger partial charge in [-0.1, -0.05) is 32.9 Å². The van der Waals surface area contributed by atoms with E-state index in [1.54, 1.807) is 0 Å². The van der Waals surface area contributed by atoms with Crippen LogP contribution in [0.15, 0.2) is 12.2 Å². The molecule has 0 aromatic rings. The second-order valence-electron chi connectivity index (χ2n) is 6.82. The smallest absolute Gasteiger partial charge is 0.246 e. The van der Waals surface area contributed by atoms with Crippen molar-refractivity contribution >= 4 is 8.32 Å². The van der Waals surface area contributed by atoms with Gasteiger partial charge < -0.3 is 4.43 Å². The largest absolute Gasteiger partial charge is 0.416 e. The average Bonchev–Trinajstić information content (AvgIpc) is 2.07. The van der Waals surface area contributed by atoms with E-state index in [1.165, 1.54) is 0 Å². The molecule has 1 nitrogen and oxygen atoms in total. The molecule has 0 atom stereocenters. The molecule has 0 bridgehead atoms. The molecule has 17 heavy (non-hydrogen) atoms. The Bertz CT molecular complexity index is 297. The maximum atomic E-state index is 13.1. The van der Waals surface area contributed by atoms with Crippen molar-refractivity contribution < 1.29 is 13.2 Å². The van der Waals surface area contributed by atoms with Gasteiger partial charge in [0.25, 0.3) is 0 Å². The summed E-state index contributed by atoms with van der Waals surface area (Å²) < 4.78 is 32.1. The number of allylic oxidation sites excluding steroid dienone is 1. The first-order valence-corrected chi connectivity index (χ1v) is 9.00. The Labute approximate surface area is 104 Å². The zero-order valence-corrected chi connectivity index (χ0v) is 12.6. The summed E-state index contributed by atoms with van der Waals surface area (Å²) in [6.45, 7) is 14.5. The lowest BCUT2D eigenvalue weighted by atomic mass is 9.67. The van der Waals surface area contributed by atoms with Crippen LogP contribution in [0.2, 0.25) is 18.1 Å². The molecule has 0 saturated heterocycles. The van der Waals surface area contributed by atoms with Gasteiger partial charge in [0.2, 0.25) is 6.43 Å². The van der Waals surface area contributed by atoms with Crippen LogP contribution in [-0.2, 0) is 4.43 Å². The van der Waals surface area contributed by atoms with Gasteiger partial charge in [-0.2, -0.15) is 0 Å². The van der Waals surface area contributed by atoms with Crippen LogP contribution in [0.5, 0.6) is 0 Å². The van der Waals surface area contributed by atoms with E-state index in [0.29, 0.717) is 12.8 Å². The molecule has 1 aliphatic rings. The monoisotopic (exact) mass is 262 g/mol. The van der Waals surface area contributed by atoms with Gasteiger partial charge in [-0.25, -0.2) is 8.78 Å². The van der Waals surface area contributed by atoms with Crippen molar-refractivity contribution in [2.45, 2.75) is 58.2 Å². The third-order valence-corrected chi connectivity index (χ3v) is 8.67. The van der Waals surface area contributed by atoms with Gasteiger partial charge in [0.1, 0.15) is 0 Å². The molecule has 1 aliphatic carbocycles. The highest BCUT2D eigenvalue weighted by Gasteiger charge is 2.50. The second kappa shape index (κ2) is 4.46. The number of hydrogen-bond acceptors (Lipinski definition) is 1. The van der Waals surface area contributed by atoms with Gasteiger partial charge in [0.15, 0.2) is 8.32 Å². The van der Waals surface area contributed by atoms with Crippen LogP contribution in [0.3, 0.4) is 0 Å². The molecule has 0 N–H and O–H groups in total. The van der Waals surface area contributed by atoms with Crippen molar-refractivity contribution in [3.8, 4) is 0 Å². The molecule has 1 rings (SSSR count). The van der Waals surface area contributed by atoms with E-state index in [0.717, 1.165) is 5.57 Å². The van der Waals surface area contributed by atoms with Crippen molar-refractivity contribution in [2.75, 3.05) is 6.61 Å². The standard InChI is InChI=1S/C13H24F2OSi/c1-10-7-13(8-10,11(14)15)9-16-17(5,6)12(2,3)4/h11H,1,7-9H2,2-6H3. The number of rotatable bonds is 4. The molecule has 1 fully saturated rings. The van der Waals surface area contributed by atoms with Crippen molar-refractivity contribution in [3.05, 3.63) is 12.2 Å². The SMILES string of the molecule is C=C1CC(CO[Si](C)(C)C(C)(C)C)(C(F)F)C1. The van der Waals surface area contributed by atoms with Crippen LogP contribution in [0.4, 0.5) is 8.78 Å². The Hall–Kier alpha value is -0.223. The Morgan fingerprint density at radius 1 is 1.35 bits per heavy atom. The lowest BCUT2D eigenvalue weighted by Crippen LogP contribution is -2.49. The molecular weight excluding hydrogens is 238 g/mol. The van der Waals surface area contributed by atoms with E-state index < -0.39 is 20.2 Å². The van der Waals surface area contributed by atoms with Crippen LogP contribution >= 0.6 is 0 Å². The highest BCUT2D eigenvalue weighted by Crippen LogP contribution is 2.50. The van der Waals surface area contributed by atoms with Crippen LogP contribution in [0.25, 0.3) is 0 Å². The van der Waals surface area contributed by atoms with Crippen LogP contribution in [0, 0.1) is 5.41 Å². The lowest BCUT2D eigenvalue weighted by molar-refractivity contribution is -0.0639. The molecule has 0 aromatic heterocycles. The number of alkyl halides is 2. The minimum absolute atomic E-state index is 0.0665. The van der Waals surface area contributed by atoms with E-state index in [9.17, 15) is 8.78 Å². The lowest BCUT2D eigenvalue weighted by Gasteiger charge is -2.46. The highest BCUT2D eigenvalue weighted by atomic mass is 28.4. The summed E-state index contributed by atoms with van der Waals surface area (Å²) in [5.41, 5.74) is -0.0313. The third kappa shape index (κ3) is 2.97. The van der Waals surface area contributed by atoms with E-state index in [-0.39, 0.29) is 11.6 Å². The molecule has 0 spiro atoms. The summed E-state index contributed by atoms with van der Waals surface area (Å²) in [6, 6.07) is 0. The van der Waals surface area contributed by atoms with Crippen molar-refractivity contribution in [1.82, 2.24) is 0 Å². The van der Waals surface area contributed by atoms with E-state index >= 15 is 0 Å². The van der Waals surface area contributed by atoms with Crippen molar-refractivity contribution in [3.63, 3.8) is 0 Å². The number of hydrogen-bond donors (Lipinski definition) is 0. The van der Waals surface area contributed by atoms with Gasteiger partial charge in [-0.05, 0) is 31.0 Å². The molecule has 1 saturated carbocycles. The van der Waals surface area contributed by atoms with Crippen LogP contribution in [-0.4, -0.2) is 21.3 Å². The number of halogens is 2. The fourth-order valence-corrected chi connectivity index (χ4v) is 2.89. The topological polar surface area (TPSA) is 9.23 Å². The summed E-state index contributed by atoms with van der Waals surface area (Å²) >= 11 is 0. The minimum atomic E-state index is -2.31. The first kappa shape index (κ1) is 14.8. The molecule has 0 heterocycles. The first-order valence-electron chi connectivity index (χ1n) is 6.09. The molecule has 0 unspecified atom stereocenters. The summed E-state index contributed by atoms with van der Waals surface area (Å²) in [7, 11) is -1.93. The molecule has 0 amide bonds. The molecule has 0 aliphatic heterocycles. The maximum absolute atomic E-state index is 13.1. The summed E-state index contributed by atoms with van der Waals surface area (Å²) in [4.78, 5) is 0. The molecular formula is C13H24F2OSi. The van der Waals surface area contributed by atoms with Crippen molar-refractivity contribution in [2.24, 2.45) is 5.41 Å². The van der Waals surface area contributed by atoms with Crippen LogP contribution in [0.1, 0.15) is 33.6 Å². The molecule has 4 heteroatoms. The van der Waals surface area contributed by atoms with Gasteiger partial charge >= 0.3 is 0 Å². The quantitative estimate of drug-likeness (QED) is 0.531. The van der Waals surface area contributed by atoms with Crippen molar-refractivity contribution in [1.29, 1.82) is 0 Å². The highest BCUT2D eigenvalue weighted by molar-refractivity contribution is 6.74. The average molecular weight is 262 g/mol. The summed E-state index contributed by atoms with van der Waals surface area (Å²) in [5, 5.41) is 0.0665. The zero-order chi connectivity index (χ0) is 13.5. The van der Waals surface area contributed by atoms with Gasteiger partial charge in [0, 0.05) is 6.61 Å². The fourth-order valence-electron chi connectivity index (χ4n) is 1.80. The van der Waals surface area contributed by atoms with Crippen LogP contribution < -0.4 is 0 Å². The van der Waals surface area contributed by atoms with E-state index in [4.69, 9.17) is 4.43 Å². The first-order chi connectivity index (χ1) is 7.50. The fraction of sp³-hybridized carbons (Fsp3) is 0.846. The molecule has 0 radical (unpaired) electrons. The second-order valence-corrected chi connectivity index (χ2v) is 11.6. The third-order valence-electron chi connectivity index (χ3n) is 4.19. The summed E-state index contributed by atoms with van der Waals surface area (Å²) in [5.74, 6) is 0. The minimum Gasteiger partial charge on any atom is -0.416 e. The van der Waals surface area contributed by atoms with Gasteiger partial charge in [0.05, 0.1) is 5.41 Å². The molecule has 0 aromatic carbocycles. The van der Waals surface area contributed by atoms with E-state index in [1.807, 2.05) is 0 Å².